The van der Waals surface area contributed by atoms with Gasteiger partial charge < -0.3 is 9.73 Å². The van der Waals surface area contributed by atoms with E-state index >= 15 is 0 Å². The maximum atomic E-state index is 12.5. The van der Waals surface area contributed by atoms with Gasteiger partial charge in [-0.1, -0.05) is 18.2 Å². The number of carbonyl (C=O) groups excluding carboxylic acids is 1. The molecule has 1 aromatic carbocycles. The Labute approximate surface area is 154 Å². The number of amides is 1. The molecule has 0 aliphatic rings. The fourth-order valence-corrected chi connectivity index (χ4v) is 2.52. The van der Waals surface area contributed by atoms with Gasteiger partial charge in [-0.2, -0.15) is 13.2 Å². The molecule has 4 nitrogen and oxygen atoms in total. The molecule has 3 aromatic rings. The van der Waals surface area contributed by atoms with Crippen LogP contribution in [0.3, 0.4) is 0 Å². The molecule has 0 saturated carbocycles. The smallest absolute Gasteiger partial charge is 0.416 e. The predicted octanol–water partition coefficient (Wildman–Crippen LogP) is 4.61. The fourth-order valence-electron chi connectivity index (χ4n) is 2.52. The highest BCUT2D eigenvalue weighted by molar-refractivity contribution is 5.76. The molecule has 0 radical (unpaired) electrons. The van der Waals surface area contributed by atoms with Crippen LogP contribution in [0.1, 0.15) is 23.1 Å². The molecule has 0 saturated heterocycles. The van der Waals surface area contributed by atoms with Gasteiger partial charge in [0.15, 0.2) is 0 Å². The Hall–Kier alpha value is -3.09. The highest BCUT2D eigenvalue weighted by atomic mass is 19.4. The summed E-state index contributed by atoms with van der Waals surface area (Å²) in [5, 5.41) is 2.78. The number of benzene rings is 1. The highest BCUT2D eigenvalue weighted by Crippen LogP contribution is 2.29. The van der Waals surface area contributed by atoms with Crippen LogP contribution < -0.4 is 5.32 Å². The molecule has 0 bridgehead atoms. The van der Waals surface area contributed by atoms with Crippen molar-refractivity contribution in [3.8, 4) is 11.3 Å². The molecule has 0 aliphatic carbocycles. The second kappa shape index (κ2) is 8.07. The Kier molecular flexibility index (Phi) is 5.59. The Morgan fingerprint density at radius 2 is 1.78 bits per heavy atom. The first-order valence-corrected chi connectivity index (χ1v) is 8.32. The maximum absolute atomic E-state index is 12.5. The topological polar surface area (TPSA) is 55.1 Å². The van der Waals surface area contributed by atoms with Gasteiger partial charge in [0.25, 0.3) is 0 Å². The van der Waals surface area contributed by atoms with Gasteiger partial charge in [-0.3, -0.25) is 9.78 Å². The number of carbonyl (C=O) groups is 1. The molecule has 0 fully saturated rings. The molecule has 1 amide bonds. The van der Waals surface area contributed by atoms with Gasteiger partial charge in [-0.15, -0.1) is 0 Å². The molecule has 2 heterocycles. The number of alkyl halides is 3. The lowest BCUT2D eigenvalue weighted by atomic mass is 10.1. The molecule has 7 heteroatoms. The quantitative estimate of drug-likeness (QED) is 0.686. The van der Waals surface area contributed by atoms with Gasteiger partial charge in [-0.05, 0) is 41.8 Å². The minimum atomic E-state index is -4.35. The Morgan fingerprint density at radius 3 is 2.37 bits per heavy atom. The summed E-state index contributed by atoms with van der Waals surface area (Å²) in [6.45, 7) is 0.338. The van der Waals surface area contributed by atoms with E-state index in [2.05, 4.69) is 10.3 Å². The van der Waals surface area contributed by atoms with Gasteiger partial charge in [-0.25, -0.2) is 0 Å². The van der Waals surface area contributed by atoms with E-state index in [1.54, 1.807) is 18.7 Å². The van der Waals surface area contributed by atoms with E-state index in [1.807, 2.05) is 18.2 Å². The third-order valence-electron chi connectivity index (χ3n) is 4.05. The first-order chi connectivity index (χ1) is 12.9. The molecular formula is C20H17F3N2O2. The summed E-state index contributed by atoms with van der Waals surface area (Å²) < 4.78 is 42.6. The van der Waals surface area contributed by atoms with Crippen LogP contribution in [0.15, 0.2) is 65.6 Å². The molecule has 0 aliphatic heterocycles. The standard InChI is InChI=1S/C20H17F3N2O2/c21-20(22,23)17-5-1-14(2-6-17)4-8-19(26)25-12-15-3-7-18(24-11-15)16-9-10-27-13-16/h1-3,5-7,9-11,13H,4,8,12H2,(H,25,26). The lowest BCUT2D eigenvalue weighted by molar-refractivity contribution is -0.137. The van der Waals surface area contributed by atoms with Crippen molar-refractivity contribution in [2.75, 3.05) is 0 Å². The van der Waals surface area contributed by atoms with E-state index in [-0.39, 0.29) is 12.3 Å². The van der Waals surface area contributed by atoms with Crippen molar-refractivity contribution >= 4 is 5.91 Å². The lowest BCUT2D eigenvalue weighted by Crippen LogP contribution is -2.23. The monoisotopic (exact) mass is 374 g/mol. The summed E-state index contributed by atoms with van der Waals surface area (Å²) in [5.41, 5.74) is 2.50. The third kappa shape index (κ3) is 5.20. The van der Waals surface area contributed by atoms with Crippen molar-refractivity contribution in [3.63, 3.8) is 0 Å². The largest absolute Gasteiger partial charge is 0.472 e. The van der Waals surface area contributed by atoms with E-state index in [4.69, 9.17) is 4.42 Å². The zero-order chi connectivity index (χ0) is 19.3. The number of hydrogen-bond acceptors (Lipinski definition) is 3. The number of pyridine rings is 1. The third-order valence-corrected chi connectivity index (χ3v) is 4.05. The first kappa shape index (κ1) is 18.7. The van der Waals surface area contributed by atoms with Crippen molar-refractivity contribution in [2.24, 2.45) is 0 Å². The number of rotatable bonds is 6. The van der Waals surface area contributed by atoms with Gasteiger partial charge in [0.05, 0.1) is 23.8 Å². The van der Waals surface area contributed by atoms with Gasteiger partial charge in [0.1, 0.15) is 0 Å². The summed E-state index contributed by atoms with van der Waals surface area (Å²) in [6, 6.07) is 10.4. The number of nitrogens with zero attached hydrogens (tertiary/aromatic N) is 1. The minimum Gasteiger partial charge on any atom is -0.472 e. The molecule has 0 atom stereocenters. The molecular weight excluding hydrogens is 357 g/mol. The van der Waals surface area contributed by atoms with E-state index in [1.165, 1.54) is 12.1 Å². The summed E-state index contributed by atoms with van der Waals surface area (Å²) in [4.78, 5) is 16.3. The number of furan rings is 1. The van der Waals surface area contributed by atoms with Gasteiger partial charge in [0.2, 0.25) is 5.91 Å². The average molecular weight is 374 g/mol. The number of aromatic nitrogens is 1. The minimum absolute atomic E-state index is 0.172. The Morgan fingerprint density at radius 1 is 1.04 bits per heavy atom. The van der Waals surface area contributed by atoms with Crippen molar-refractivity contribution in [3.05, 3.63) is 77.9 Å². The van der Waals surface area contributed by atoms with Crippen LogP contribution >= 0.6 is 0 Å². The number of hydrogen-bond donors (Lipinski definition) is 1. The van der Waals surface area contributed by atoms with Gasteiger partial charge in [0, 0.05) is 24.7 Å². The lowest BCUT2D eigenvalue weighted by Gasteiger charge is -2.08. The molecule has 27 heavy (non-hydrogen) atoms. The molecule has 1 N–H and O–H groups in total. The molecule has 0 unspecified atom stereocenters. The van der Waals surface area contributed by atoms with Crippen LogP contribution in [0.2, 0.25) is 0 Å². The fraction of sp³-hybridized carbons (Fsp3) is 0.200. The zero-order valence-corrected chi connectivity index (χ0v) is 14.3. The maximum Gasteiger partial charge on any atom is 0.416 e. The normalized spacial score (nSPS) is 11.4. The summed E-state index contributed by atoms with van der Waals surface area (Å²) in [7, 11) is 0. The van der Waals surface area contributed by atoms with Crippen molar-refractivity contribution < 1.29 is 22.4 Å². The second-order valence-corrected chi connectivity index (χ2v) is 6.04. The Balaban J connectivity index is 1.46. The number of nitrogens with one attached hydrogen (secondary N) is 1. The number of halogens is 3. The SMILES string of the molecule is O=C(CCc1ccc(C(F)(F)F)cc1)NCc1ccc(-c2ccoc2)nc1. The van der Waals surface area contributed by atoms with Crippen LogP contribution in [-0.4, -0.2) is 10.9 Å². The van der Waals surface area contributed by atoms with Gasteiger partial charge >= 0.3 is 6.18 Å². The first-order valence-electron chi connectivity index (χ1n) is 8.32. The molecule has 3 rings (SSSR count). The van der Waals surface area contributed by atoms with E-state index in [0.29, 0.717) is 18.5 Å². The molecule has 140 valence electrons. The van der Waals surface area contributed by atoms with E-state index < -0.39 is 11.7 Å². The zero-order valence-electron chi connectivity index (χ0n) is 14.3. The van der Waals surface area contributed by atoms with Crippen LogP contribution in [0.4, 0.5) is 13.2 Å². The molecule has 0 spiro atoms. The summed E-state index contributed by atoms with van der Waals surface area (Å²) >= 11 is 0. The van der Waals surface area contributed by atoms with Crippen LogP contribution in [0, 0.1) is 0 Å². The van der Waals surface area contributed by atoms with Crippen molar-refractivity contribution in [2.45, 2.75) is 25.6 Å². The predicted molar refractivity (Wildman–Crippen MR) is 93.6 cm³/mol. The van der Waals surface area contributed by atoms with Crippen molar-refractivity contribution in [1.29, 1.82) is 0 Å². The summed E-state index contributed by atoms with van der Waals surface area (Å²) in [5.74, 6) is -0.172. The highest BCUT2D eigenvalue weighted by Gasteiger charge is 2.29. The Bertz CT molecular complexity index is 871. The second-order valence-electron chi connectivity index (χ2n) is 6.04. The average Bonchev–Trinajstić information content (AvgIpc) is 3.19. The van der Waals surface area contributed by atoms with E-state index in [0.717, 1.165) is 29.0 Å². The van der Waals surface area contributed by atoms with Crippen LogP contribution in [0.5, 0.6) is 0 Å². The summed E-state index contributed by atoms with van der Waals surface area (Å²) in [6.07, 6.45) is 1.08. The van der Waals surface area contributed by atoms with Crippen LogP contribution in [0.25, 0.3) is 11.3 Å². The van der Waals surface area contributed by atoms with E-state index in [9.17, 15) is 18.0 Å². The molecule has 2 aromatic heterocycles. The number of aryl methyl sites for hydroxylation is 1. The van der Waals surface area contributed by atoms with Crippen molar-refractivity contribution in [1.82, 2.24) is 10.3 Å². The van der Waals surface area contributed by atoms with Crippen LogP contribution in [-0.2, 0) is 23.9 Å².